The van der Waals surface area contributed by atoms with Gasteiger partial charge < -0.3 is 5.73 Å². The number of anilines is 1. The van der Waals surface area contributed by atoms with E-state index in [1.165, 1.54) is 12.1 Å². The Bertz CT molecular complexity index is 588. The minimum atomic E-state index is -3.65. The normalized spacial score (nSPS) is 13.4. The summed E-state index contributed by atoms with van der Waals surface area (Å²) in [5.41, 5.74) is 6.50. The van der Waals surface area contributed by atoms with Gasteiger partial charge >= 0.3 is 0 Å². The summed E-state index contributed by atoms with van der Waals surface area (Å²) in [5.74, 6) is 0.458. The van der Waals surface area contributed by atoms with Crippen LogP contribution in [-0.4, -0.2) is 31.2 Å². The van der Waals surface area contributed by atoms with E-state index in [1.54, 1.807) is 13.2 Å². The molecule has 0 radical (unpaired) electrons. The fourth-order valence-corrected chi connectivity index (χ4v) is 3.73. The molecule has 19 heavy (non-hydrogen) atoms. The van der Waals surface area contributed by atoms with Crippen LogP contribution < -0.4 is 10.5 Å². The van der Waals surface area contributed by atoms with Crippen molar-refractivity contribution in [2.75, 3.05) is 24.3 Å². The maximum Gasteiger partial charge on any atom is 0.240 e. The van der Waals surface area contributed by atoms with Crippen LogP contribution in [0.3, 0.4) is 0 Å². The first-order valence-electron chi connectivity index (χ1n) is 5.59. The SMILES string of the molecule is Cc1c(N)cc(Cl)cc1S(=O)(=O)NCCCS(C)=O. The first-order valence-corrected chi connectivity index (χ1v) is 9.18. The van der Waals surface area contributed by atoms with E-state index in [0.717, 1.165) is 0 Å². The van der Waals surface area contributed by atoms with Crippen molar-refractivity contribution in [1.82, 2.24) is 4.72 Å². The molecule has 0 saturated carbocycles. The monoisotopic (exact) mass is 324 g/mol. The fraction of sp³-hybridized carbons (Fsp3) is 0.455. The zero-order chi connectivity index (χ0) is 14.6. The lowest BCUT2D eigenvalue weighted by molar-refractivity contribution is 0.580. The minimum Gasteiger partial charge on any atom is -0.398 e. The predicted octanol–water partition coefficient (Wildman–Crippen LogP) is 1.28. The van der Waals surface area contributed by atoms with E-state index in [4.69, 9.17) is 17.3 Å². The second kappa shape index (κ2) is 6.69. The number of benzene rings is 1. The van der Waals surface area contributed by atoms with E-state index < -0.39 is 20.8 Å². The molecule has 1 aromatic carbocycles. The third-order valence-corrected chi connectivity index (χ3v) is 5.22. The van der Waals surface area contributed by atoms with Gasteiger partial charge in [-0.2, -0.15) is 0 Å². The zero-order valence-corrected chi connectivity index (χ0v) is 13.2. The molecule has 8 heteroatoms. The lowest BCUT2D eigenvalue weighted by atomic mass is 10.2. The number of nitrogens with two attached hydrogens (primary N) is 1. The average Bonchev–Trinajstić information content (AvgIpc) is 2.29. The highest BCUT2D eigenvalue weighted by Crippen LogP contribution is 2.25. The Morgan fingerprint density at radius 3 is 2.63 bits per heavy atom. The van der Waals surface area contributed by atoms with Gasteiger partial charge in [-0.15, -0.1) is 0 Å². The lowest BCUT2D eigenvalue weighted by Gasteiger charge is -2.11. The maximum absolute atomic E-state index is 12.1. The first kappa shape index (κ1) is 16.4. The van der Waals surface area contributed by atoms with Crippen molar-refractivity contribution in [2.45, 2.75) is 18.2 Å². The van der Waals surface area contributed by atoms with Crippen molar-refractivity contribution in [3.8, 4) is 0 Å². The van der Waals surface area contributed by atoms with Crippen LogP contribution in [0, 0.1) is 6.92 Å². The lowest BCUT2D eigenvalue weighted by Crippen LogP contribution is -2.26. The van der Waals surface area contributed by atoms with Crippen LogP contribution in [0.5, 0.6) is 0 Å². The van der Waals surface area contributed by atoms with Crippen LogP contribution in [0.4, 0.5) is 5.69 Å². The highest BCUT2D eigenvalue weighted by molar-refractivity contribution is 7.89. The number of hydrogen-bond donors (Lipinski definition) is 2. The van der Waals surface area contributed by atoms with E-state index in [1.807, 2.05) is 0 Å². The molecular weight excluding hydrogens is 308 g/mol. The van der Waals surface area contributed by atoms with Gasteiger partial charge in [0.25, 0.3) is 0 Å². The smallest absolute Gasteiger partial charge is 0.240 e. The Morgan fingerprint density at radius 1 is 1.42 bits per heavy atom. The molecule has 5 nitrogen and oxygen atoms in total. The second-order valence-corrected chi connectivity index (χ2v) is 7.87. The molecule has 0 bridgehead atoms. The van der Waals surface area contributed by atoms with E-state index in [-0.39, 0.29) is 16.5 Å². The Balaban J connectivity index is 2.86. The molecule has 0 heterocycles. The van der Waals surface area contributed by atoms with Gasteiger partial charge in [-0.25, -0.2) is 13.1 Å². The fourth-order valence-electron chi connectivity index (χ4n) is 1.51. The van der Waals surface area contributed by atoms with Crippen LogP contribution >= 0.6 is 11.6 Å². The Kier molecular flexibility index (Phi) is 5.79. The number of nitrogens with one attached hydrogen (secondary N) is 1. The predicted molar refractivity (Wildman–Crippen MR) is 79.3 cm³/mol. The minimum absolute atomic E-state index is 0.0788. The summed E-state index contributed by atoms with van der Waals surface area (Å²) < 4.78 is 37.5. The molecular formula is C11H17ClN2O3S2. The van der Waals surface area contributed by atoms with Gasteiger partial charge in [0.1, 0.15) is 0 Å². The standard InChI is InChI=1S/C11H17ClN2O3S2/c1-8-10(13)6-9(12)7-11(8)19(16,17)14-4-3-5-18(2)15/h6-7,14H,3-5,13H2,1-2H3. The number of rotatable bonds is 6. The van der Waals surface area contributed by atoms with Gasteiger partial charge in [-0.05, 0) is 31.0 Å². The third-order valence-electron chi connectivity index (χ3n) is 2.56. The quantitative estimate of drug-likeness (QED) is 0.609. The summed E-state index contributed by atoms with van der Waals surface area (Å²) in [6.45, 7) is 1.86. The molecule has 0 aromatic heterocycles. The molecule has 0 amide bonds. The molecule has 108 valence electrons. The van der Waals surface area contributed by atoms with E-state index in [2.05, 4.69) is 4.72 Å². The summed E-state index contributed by atoms with van der Waals surface area (Å²) >= 11 is 5.82. The van der Waals surface area contributed by atoms with Crippen molar-refractivity contribution in [2.24, 2.45) is 0 Å². The van der Waals surface area contributed by atoms with Crippen molar-refractivity contribution >= 4 is 38.1 Å². The molecule has 1 aromatic rings. The largest absolute Gasteiger partial charge is 0.398 e. The van der Waals surface area contributed by atoms with Crippen LogP contribution in [0.1, 0.15) is 12.0 Å². The molecule has 0 fully saturated rings. The van der Waals surface area contributed by atoms with Crippen LogP contribution in [0.2, 0.25) is 5.02 Å². The van der Waals surface area contributed by atoms with Gasteiger partial charge in [-0.1, -0.05) is 11.6 Å². The van der Waals surface area contributed by atoms with Crippen molar-refractivity contribution in [3.63, 3.8) is 0 Å². The number of hydrogen-bond acceptors (Lipinski definition) is 4. The summed E-state index contributed by atoms with van der Waals surface area (Å²) in [6.07, 6.45) is 2.09. The van der Waals surface area contributed by atoms with Gasteiger partial charge in [0.05, 0.1) is 4.90 Å². The molecule has 0 aliphatic carbocycles. The van der Waals surface area contributed by atoms with Crippen LogP contribution in [0.25, 0.3) is 0 Å². The summed E-state index contributed by atoms with van der Waals surface area (Å²) in [4.78, 5) is 0.0788. The maximum atomic E-state index is 12.1. The van der Waals surface area contributed by atoms with Crippen LogP contribution in [0.15, 0.2) is 17.0 Å². The number of nitrogen functional groups attached to an aromatic ring is 1. The first-order chi connectivity index (χ1) is 8.74. The summed E-state index contributed by atoms with van der Waals surface area (Å²) in [6, 6.07) is 2.88. The molecule has 0 aliphatic heterocycles. The van der Waals surface area contributed by atoms with Crippen molar-refractivity contribution in [1.29, 1.82) is 0 Å². The van der Waals surface area contributed by atoms with E-state index in [0.29, 0.717) is 23.4 Å². The number of halogens is 1. The van der Waals surface area contributed by atoms with E-state index >= 15 is 0 Å². The summed E-state index contributed by atoms with van der Waals surface area (Å²) in [7, 11) is -4.57. The Hall–Kier alpha value is -0.630. The molecule has 0 aliphatic rings. The average molecular weight is 325 g/mol. The molecule has 1 unspecified atom stereocenters. The van der Waals surface area contributed by atoms with Crippen molar-refractivity contribution < 1.29 is 12.6 Å². The van der Waals surface area contributed by atoms with Gasteiger partial charge in [0.2, 0.25) is 10.0 Å². The van der Waals surface area contributed by atoms with Gasteiger partial charge in [0.15, 0.2) is 0 Å². The van der Waals surface area contributed by atoms with Crippen LogP contribution in [-0.2, 0) is 20.8 Å². The highest BCUT2D eigenvalue weighted by Gasteiger charge is 2.18. The molecule has 0 spiro atoms. The summed E-state index contributed by atoms with van der Waals surface area (Å²) in [5, 5.41) is 0.276. The van der Waals surface area contributed by atoms with Gasteiger partial charge in [-0.3, -0.25) is 4.21 Å². The molecule has 3 N–H and O–H groups in total. The van der Waals surface area contributed by atoms with Crippen molar-refractivity contribution in [3.05, 3.63) is 22.7 Å². The topological polar surface area (TPSA) is 89.3 Å². The molecule has 0 saturated heterocycles. The zero-order valence-electron chi connectivity index (χ0n) is 10.8. The molecule has 1 atom stereocenters. The van der Waals surface area contributed by atoms with E-state index in [9.17, 15) is 12.6 Å². The number of sulfonamides is 1. The Labute approximate surface area is 121 Å². The second-order valence-electron chi connectivity index (χ2n) is 4.15. The Morgan fingerprint density at radius 2 is 2.05 bits per heavy atom. The molecule has 1 rings (SSSR count). The highest BCUT2D eigenvalue weighted by atomic mass is 35.5. The van der Waals surface area contributed by atoms with Gasteiger partial charge in [0, 0.05) is 40.1 Å². The third kappa shape index (κ3) is 4.76.